The van der Waals surface area contributed by atoms with E-state index >= 15 is 0 Å². The summed E-state index contributed by atoms with van der Waals surface area (Å²) in [6, 6.07) is 0. The molecule has 2 aliphatic heterocycles. The van der Waals surface area contributed by atoms with E-state index in [2.05, 4.69) is 20.0 Å². The summed E-state index contributed by atoms with van der Waals surface area (Å²) in [5, 5.41) is 9.56. The van der Waals surface area contributed by atoms with Gasteiger partial charge in [-0.15, -0.1) is 12.4 Å². The lowest BCUT2D eigenvalue weighted by atomic mass is 9.98. The molecular formula is C10H15ClN6O. The summed E-state index contributed by atoms with van der Waals surface area (Å²) in [7, 11) is 0. The molecule has 0 radical (unpaired) electrons. The van der Waals surface area contributed by atoms with Crippen molar-refractivity contribution in [2.45, 2.75) is 31.2 Å². The minimum Gasteiger partial charge on any atom is -0.393 e. The highest BCUT2D eigenvalue weighted by Gasteiger charge is 2.43. The van der Waals surface area contributed by atoms with E-state index in [-0.39, 0.29) is 30.3 Å². The Labute approximate surface area is 110 Å². The fraction of sp³-hybridized carbons (Fsp3) is 0.600. The predicted octanol–water partition coefficient (Wildman–Crippen LogP) is -0.566. The lowest BCUT2D eigenvalue weighted by Crippen LogP contribution is -2.50. The van der Waals surface area contributed by atoms with E-state index in [0.717, 1.165) is 12.8 Å². The fourth-order valence-electron chi connectivity index (χ4n) is 2.49. The first-order chi connectivity index (χ1) is 8.08. The van der Waals surface area contributed by atoms with Gasteiger partial charge in [-0.25, -0.2) is 20.0 Å². The van der Waals surface area contributed by atoms with Crippen molar-refractivity contribution in [1.29, 1.82) is 0 Å². The normalized spacial score (nSPS) is 37.6. The maximum atomic E-state index is 9.56. The van der Waals surface area contributed by atoms with Crippen LogP contribution in [-0.4, -0.2) is 40.7 Å². The van der Waals surface area contributed by atoms with Crippen molar-refractivity contribution in [2.24, 2.45) is 37.4 Å². The van der Waals surface area contributed by atoms with E-state index in [0.29, 0.717) is 18.0 Å². The standard InChI is InChI=1S/C10H14N6O.ClH/c11-8-7-9(14-4-13-7)16-10(12,15-8)5-1-2-6(17)3-5;/h4-6,17H,1-3,12H2,(H2,11,15);1H/t5-,6+,10?;/m0./s1. The number of nitrogens with two attached hydrogens (primary N) is 2. The van der Waals surface area contributed by atoms with Crippen molar-refractivity contribution in [3.8, 4) is 0 Å². The Hall–Kier alpha value is -1.31. The van der Waals surface area contributed by atoms with Crippen molar-refractivity contribution < 1.29 is 5.11 Å². The molecule has 0 saturated heterocycles. The van der Waals surface area contributed by atoms with Gasteiger partial charge in [-0.2, -0.15) is 0 Å². The second-order valence-electron chi connectivity index (χ2n) is 4.60. The summed E-state index contributed by atoms with van der Waals surface area (Å²) in [6.07, 6.45) is 3.20. The number of aliphatic hydroxyl groups excluding tert-OH is 1. The molecule has 7 nitrogen and oxygen atoms in total. The topological polar surface area (TPSA) is 122 Å². The molecule has 18 heavy (non-hydrogen) atoms. The second-order valence-corrected chi connectivity index (χ2v) is 4.60. The van der Waals surface area contributed by atoms with Crippen molar-refractivity contribution in [3.05, 3.63) is 0 Å². The van der Waals surface area contributed by atoms with Crippen LogP contribution in [-0.2, 0) is 0 Å². The number of hydrogen-bond acceptors (Lipinski definition) is 7. The minimum absolute atomic E-state index is 0. The largest absolute Gasteiger partial charge is 0.393 e. The molecular weight excluding hydrogens is 256 g/mol. The molecule has 5 N–H and O–H groups in total. The molecule has 0 aromatic heterocycles. The molecule has 3 aliphatic rings. The Morgan fingerprint density at radius 3 is 2.78 bits per heavy atom. The summed E-state index contributed by atoms with van der Waals surface area (Å²) in [4.78, 5) is 16.6. The van der Waals surface area contributed by atoms with Crippen LogP contribution in [0.1, 0.15) is 19.3 Å². The van der Waals surface area contributed by atoms with Crippen LogP contribution in [0.4, 0.5) is 0 Å². The third-order valence-corrected chi connectivity index (χ3v) is 3.41. The number of nitrogens with zero attached hydrogens (tertiary/aromatic N) is 4. The Morgan fingerprint density at radius 1 is 1.33 bits per heavy atom. The van der Waals surface area contributed by atoms with Gasteiger partial charge in [-0.1, -0.05) is 0 Å². The number of hydrogen-bond donors (Lipinski definition) is 3. The third-order valence-electron chi connectivity index (χ3n) is 3.41. The summed E-state index contributed by atoms with van der Waals surface area (Å²) >= 11 is 0. The molecule has 0 bridgehead atoms. The van der Waals surface area contributed by atoms with Crippen LogP contribution < -0.4 is 11.5 Å². The quantitative estimate of drug-likeness (QED) is 0.591. The summed E-state index contributed by atoms with van der Waals surface area (Å²) in [5.74, 6) is -0.379. The smallest absolute Gasteiger partial charge is 0.209 e. The van der Waals surface area contributed by atoms with Crippen molar-refractivity contribution in [1.82, 2.24) is 0 Å². The van der Waals surface area contributed by atoms with Crippen molar-refractivity contribution in [3.63, 3.8) is 0 Å². The highest BCUT2D eigenvalue weighted by atomic mass is 35.5. The molecule has 1 unspecified atom stereocenters. The highest BCUT2D eigenvalue weighted by molar-refractivity contribution is 6.70. The van der Waals surface area contributed by atoms with E-state index in [1.54, 1.807) is 0 Å². The van der Waals surface area contributed by atoms with Gasteiger partial charge in [-0.05, 0) is 19.3 Å². The molecule has 3 atom stereocenters. The lowest BCUT2D eigenvalue weighted by molar-refractivity contribution is 0.167. The van der Waals surface area contributed by atoms with Gasteiger partial charge in [0.05, 0.1) is 6.10 Å². The molecule has 0 aromatic rings. The van der Waals surface area contributed by atoms with Gasteiger partial charge in [-0.3, -0.25) is 5.73 Å². The molecule has 98 valence electrons. The van der Waals surface area contributed by atoms with Crippen molar-refractivity contribution >= 4 is 36.1 Å². The monoisotopic (exact) mass is 270 g/mol. The molecule has 0 aromatic carbocycles. The molecule has 8 heteroatoms. The lowest BCUT2D eigenvalue weighted by Gasteiger charge is -2.30. The number of amidine groups is 2. The summed E-state index contributed by atoms with van der Waals surface area (Å²) < 4.78 is 0. The van der Waals surface area contributed by atoms with Gasteiger partial charge in [0.25, 0.3) is 0 Å². The number of halogens is 1. The van der Waals surface area contributed by atoms with Gasteiger partial charge in [0.2, 0.25) is 5.79 Å². The molecule has 0 amide bonds. The fourth-order valence-corrected chi connectivity index (χ4v) is 2.49. The van der Waals surface area contributed by atoms with E-state index < -0.39 is 5.79 Å². The average Bonchev–Trinajstić information content (AvgIpc) is 2.86. The SMILES string of the molecule is Cl.NC1=NC(N)([C@H]2CC[C@@H](O)C2)N=C2N=CN=C12. The summed E-state index contributed by atoms with van der Waals surface area (Å²) in [5.41, 5.74) is 12.5. The minimum atomic E-state index is -1.10. The molecule has 0 spiro atoms. The average molecular weight is 271 g/mol. The molecule has 1 saturated carbocycles. The molecule has 3 rings (SSSR count). The number of fused-ring (bicyclic) bond motifs is 1. The molecule has 2 heterocycles. The first-order valence-corrected chi connectivity index (χ1v) is 5.62. The Kier molecular flexibility index (Phi) is 3.22. The zero-order valence-corrected chi connectivity index (χ0v) is 10.5. The van der Waals surface area contributed by atoms with Gasteiger partial charge < -0.3 is 10.8 Å². The van der Waals surface area contributed by atoms with Crippen LogP contribution in [0.2, 0.25) is 0 Å². The Bertz CT molecular complexity index is 485. The summed E-state index contributed by atoms with van der Waals surface area (Å²) in [6.45, 7) is 0. The van der Waals surface area contributed by atoms with Crippen LogP contribution in [0, 0.1) is 5.92 Å². The molecule has 1 fully saturated rings. The second kappa shape index (κ2) is 4.42. The van der Waals surface area contributed by atoms with Crippen LogP contribution in [0.15, 0.2) is 20.0 Å². The zero-order chi connectivity index (χ0) is 12.0. The Morgan fingerprint density at radius 2 is 2.11 bits per heavy atom. The zero-order valence-electron chi connectivity index (χ0n) is 9.65. The third kappa shape index (κ3) is 1.94. The predicted molar refractivity (Wildman–Crippen MR) is 72.5 cm³/mol. The van der Waals surface area contributed by atoms with Crippen molar-refractivity contribution in [2.75, 3.05) is 0 Å². The first kappa shape index (κ1) is 13.1. The van der Waals surface area contributed by atoms with E-state index in [4.69, 9.17) is 11.5 Å². The van der Waals surface area contributed by atoms with Crippen LogP contribution >= 0.6 is 12.4 Å². The Balaban J connectivity index is 0.00000120. The van der Waals surface area contributed by atoms with Crippen LogP contribution in [0.25, 0.3) is 0 Å². The van der Waals surface area contributed by atoms with Crippen LogP contribution in [0.5, 0.6) is 0 Å². The van der Waals surface area contributed by atoms with Gasteiger partial charge in [0.15, 0.2) is 17.4 Å². The van der Waals surface area contributed by atoms with Gasteiger partial charge in [0, 0.05) is 5.92 Å². The number of aliphatic hydroxyl groups is 1. The van der Waals surface area contributed by atoms with Crippen LogP contribution in [0.3, 0.4) is 0 Å². The van der Waals surface area contributed by atoms with E-state index in [1.165, 1.54) is 6.34 Å². The van der Waals surface area contributed by atoms with E-state index in [9.17, 15) is 5.11 Å². The maximum absolute atomic E-state index is 9.56. The number of aliphatic imine (C=N–C) groups is 4. The number of rotatable bonds is 1. The van der Waals surface area contributed by atoms with E-state index in [1.807, 2.05) is 0 Å². The highest BCUT2D eigenvalue weighted by Crippen LogP contribution is 2.36. The molecule has 1 aliphatic carbocycles. The maximum Gasteiger partial charge on any atom is 0.209 e. The first-order valence-electron chi connectivity index (χ1n) is 5.62. The van der Waals surface area contributed by atoms with Gasteiger partial charge >= 0.3 is 0 Å². The van der Waals surface area contributed by atoms with Gasteiger partial charge in [0.1, 0.15) is 6.34 Å².